The molecule has 0 aromatic heterocycles. The van der Waals surface area contributed by atoms with E-state index < -0.39 is 0 Å². The number of carbonyl (C=O) groups is 1. The summed E-state index contributed by atoms with van der Waals surface area (Å²) >= 11 is 5.84. The van der Waals surface area contributed by atoms with Crippen molar-refractivity contribution >= 4 is 28.9 Å². The first kappa shape index (κ1) is 14.9. The SMILES string of the molecule is CC1Cc2ccccc2N1CCC(=O)Nc1ccc(Cl)cc1. The summed E-state index contributed by atoms with van der Waals surface area (Å²) in [5, 5.41) is 3.57. The van der Waals surface area contributed by atoms with Crippen LogP contribution >= 0.6 is 11.6 Å². The van der Waals surface area contributed by atoms with Gasteiger partial charge in [-0.05, 0) is 49.2 Å². The van der Waals surface area contributed by atoms with Gasteiger partial charge < -0.3 is 10.2 Å². The highest BCUT2D eigenvalue weighted by Gasteiger charge is 2.25. The summed E-state index contributed by atoms with van der Waals surface area (Å²) in [6.07, 6.45) is 1.52. The van der Waals surface area contributed by atoms with Gasteiger partial charge in [0.2, 0.25) is 5.91 Å². The highest BCUT2D eigenvalue weighted by molar-refractivity contribution is 6.30. The van der Waals surface area contributed by atoms with Gasteiger partial charge in [-0.2, -0.15) is 0 Å². The molecule has 3 nitrogen and oxygen atoms in total. The zero-order chi connectivity index (χ0) is 15.5. The van der Waals surface area contributed by atoms with Crippen LogP contribution in [0.4, 0.5) is 11.4 Å². The second-order valence-electron chi connectivity index (χ2n) is 5.68. The molecule has 0 fully saturated rings. The fraction of sp³-hybridized carbons (Fsp3) is 0.278. The molecule has 22 heavy (non-hydrogen) atoms. The summed E-state index contributed by atoms with van der Waals surface area (Å²) < 4.78 is 0. The zero-order valence-corrected chi connectivity index (χ0v) is 13.3. The minimum absolute atomic E-state index is 0.0268. The predicted molar refractivity (Wildman–Crippen MR) is 91.7 cm³/mol. The van der Waals surface area contributed by atoms with Crippen molar-refractivity contribution in [2.75, 3.05) is 16.8 Å². The summed E-state index contributed by atoms with van der Waals surface area (Å²) in [7, 11) is 0. The number of nitrogens with zero attached hydrogens (tertiary/aromatic N) is 1. The van der Waals surface area contributed by atoms with Crippen molar-refractivity contribution in [3.8, 4) is 0 Å². The Kier molecular flexibility index (Phi) is 4.34. The summed E-state index contributed by atoms with van der Waals surface area (Å²) in [6, 6.07) is 16.0. The van der Waals surface area contributed by atoms with Gasteiger partial charge in [0.25, 0.3) is 0 Å². The van der Waals surface area contributed by atoms with E-state index in [9.17, 15) is 4.79 Å². The topological polar surface area (TPSA) is 32.3 Å². The van der Waals surface area contributed by atoms with Crippen LogP contribution in [0.15, 0.2) is 48.5 Å². The minimum Gasteiger partial charge on any atom is -0.368 e. The monoisotopic (exact) mass is 314 g/mol. The number of benzene rings is 2. The second-order valence-corrected chi connectivity index (χ2v) is 6.12. The lowest BCUT2D eigenvalue weighted by Crippen LogP contribution is -2.32. The molecule has 0 spiro atoms. The van der Waals surface area contributed by atoms with E-state index >= 15 is 0 Å². The number of anilines is 2. The van der Waals surface area contributed by atoms with Gasteiger partial charge >= 0.3 is 0 Å². The van der Waals surface area contributed by atoms with Crippen molar-refractivity contribution in [2.24, 2.45) is 0 Å². The van der Waals surface area contributed by atoms with Crippen LogP contribution in [0.2, 0.25) is 5.02 Å². The number of hydrogen-bond acceptors (Lipinski definition) is 2. The van der Waals surface area contributed by atoms with Crippen LogP contribution in [0.1, 0.15) is 18.9 Å². The maximum absolute atomic E-state index is 12.1. The number of nitrogens with one attached hydrogen (secondary N) is 1. The lowest BCUT2D eigenvalue weighted by molar-refractivity contribution is -0.116. The number of hydrogen-bond donors (Lipinski definition) is 1. The molecular weight excluding hydrogens is 296 g/mol. The number of halogens is 1. The summed E-state index contributed by atoms with van der Waals surface area (Å²) in [5.41, 5.74) is 3.41. The Hall–Kier alpha value is -2.00. The summed E-state index contributed by atoms with van der Waals surface area (Å²) in [4.78, 5) is 14.4. The molecule has 1 aliphatic heterocycles. The highest BCUT2D eigenvalue weighted by Crippen LogP contribution is 2.31. The van der Waals surface area contributed by atoms with Gasteiger partial charge in [-0.15, -0.1) is 0 Å². The quantitative estimate of drug-likeness (QED) is 0.920. The molecule has 1 N–H and O–H groups in total. The summed E-state index contributed by atoms with van der Waals surface area (Å²) in [6.45, 7) is 2.94. The Bertz CT molecular complexity index is 669. The van der Waals surface area contributed by atoms with Crippen LogP contribution in [0.3, 0.4) is 0 Å². The largest absolute Gasteiger partial charge is 0.368 e. The average Bonchev–Trinajstić information content (AvgIpc) is 2.83. The van der Waals surface area contributed by atoms with Crippen molar-refractivity contribution in [3.05, 3.63) is 59.1 Å². The van der Waals surface area contributed by atoms with Gasteiger partial charge in [-0.3, -0.25) is 4.79 Å². The molecule has 2 aromatic carbocycles. The molecule has 0 bridgehead atoms. The molecule has 0 radical (unpaired) electrons. The van der Waals surface area contributed by atoms with E-state index in [1.165, 1.54) is 11.3 Å². The van der Waals surface area contributed by atoms with Gasteiger partial charge in [0.05, 0.1) is 0 Å². The molecule has 1 heterocycles. The van der Waals surface area contributed by atoms with Crippen molar-refractivity contribution in [3.63, 3.8) is 0 Å². The van der Waals surface area contributed by atoms with Crippen LogP contribution in [0, 0.1) is 0 Å². The highest BCUT2D eigenvalue weighted by atomic mass is 35.5. The van der Waals surface area contributed by atoms with Crippen molar-refractivity contribution in [2.45, 2.75) is 25.8 Å². The fourth-order valence-electron chi connectivity index (χ4n) is 2.95. The Morgan fingerprint density at radius 1 is 1.23 bits per heavy atom. The van der Waals surface area contributed by atoms with Crippen molar-refractivity contribution < 1.29 is 4.79 Å². The molecule has 114 valence electrons. The van der Waals surface area contributed by atoms with E-state index in [4.69, 9.17) is 11.6 Å². The maximum Gasteiger partial charge on any atom is 0.226 e. The van der Waals surface area contributed by atoms with E-state index in [-0.39, 0.29) is 5.91 Å². The Balaban J connectivity index is 1.58. The Morgan fingerprint density at radius 2 is 1.95 bits per heavy atom. The first-order valence-electron chi connectivity index (χ1n) is 7.53. The molecular formula is C18H19ClN2O. The third-order valence-corrected chi connectivity index (χ3v) is 4.31. The minimum atomic E-state index is 0.0268. The number of amides is 1. The molecule has 1 amide bonds. The lowest BCUT2D eigenvalue weighted by atomic mass is 10.1. The van der Waals surface area contributed by atoms with E-state index in [1.807, 2.05) is 12.1 Å². The number of carbonyl (C=O) groups excluding carboxylic acids is 1. The first-order valence-corrected chi connectivity index (χ1v) is 7.91. The molecule has 0 aliphatic carbocycles. The standard InChI is InChI=1S/C18H19ClN2O/c1-13-12-14-4-2-3-5-17(14)21(13)11-10-18(22)20-16-8-6-15(19)7-9-16/h2-9,13H,10-12H2,1H3,(H,20,22). The zero-order valence-electron chi connectivity index (χ0n) is 12.6. The second kappa shape index (κ2) is 6.41. The maximum atomic E-state index is 12.1. The van der Waals surface area contributed by atoms with Crippen molar-refractivity contribution in [1.29, 1.82) is 0 Å². The van der Waals surface area contributed by atoms with Crippen LogP contribution in [0.5, 0.6) is 0 Å². The summed E-state index contributed by atoms with van der Waals surface area (Å²) in [5.74, 6) is 0.0268. The van der Waals surface area contributed by atoms with Gasteiger partial charge in [-0.1, -0.05) is 29.8 Å². The van der Waals surface area contributed by atoms with E-state index in [1.54, 1.807) is 12.1 Å². The van der Waals surface area contributed by atoms with Crippen LogP contribution < -0.4 is 10.2 Å². The Labute approximate surface area is 135 Å². The third-order valence-electron chi connectivity index (χ3n) is 4.06. The molecule has 0 saturated carbocycles. The smallest absolute Gasteiger partial charge is 0.226 e. The van der Waals surface area contributed by atoms with Crippen molar-refractivity contribution in [1.82, 2.24) is 0 Å². The molecule has 4 heteroatoms. The van der Waals surface area contributed by atoms with E-state index in [0.29, 0.717) is 17.5 Å². The fourth-order valence-corrected chi connectivity index (χ4v) is 3.08. The number of para-hydroxylation sites is 1. The third kappa shape index (κ3) is 3.25. The van der Waals surface area contributed by atoms with Gasteiger partial charge in [0, 0.05) is 35.4 Å². The molecule has 2 aromatic rings. The predicted octanol–water partition coefficient (Wildman–Crippen LogP) is 4.12. The number of fused-ring (bicyclic) bond motifs is 1. The van der Waals surface area contributed by atoms with Gasteiger partial charge in [0.1, 0.15) is 0 Å². The molecule has 3 rings (SSSR count). The molecule has 1 aliphatic rings. The molecule has 1 atom stereocenters. The molecule has 0 saturated heterocycles. The van der Waals surface area contributed by atoms with Gasteiger partial charge in [-0.25, -0.2) is 0 Å². The van der Waals surface area contributed by atoms with Gasteiger partial charge in [0.15, 0.2) is 0 Å². The van der Waals surface area contributed by atoms with Crippen LogP contribution in [-0.4, -0.2) is 18.5 Å². The van der Waals surface area contributed by atoms with Crippen LogP contribution in [0.25, 0.3) is 0 Å². The van der Waals surface area contributed by atoms with Crippen LogP contribution in [-0.2, 0) is 11.2 Å². The normalized spacial score (nSPS) is 16.5. The first-order chi connectivity index (χ1) is 10.6. The number of rotatable bonds is 4. The Morgan fingerprint density at radius 3 is 2.73 bits per heavy atom. The molecule has 1 unspecified atom stereocenters. The lowest BCUT2D eigenvalue weighted by Gasteiger charge is -2.24. The van der Waals surface area contributed by atoms with E-state index in [2.05, 4.69) is 41.4 Å². The van der Waals surface area contributed by atoms with E-state index in [0.717, 1.165) is 18.7 Å². The average molecular weight is 315 g/mol.